The van der Waals surface area contributed by atoms with Crippen molar-refractivity contribution in [3.8, 4) is 50.9 Å². The van der Waals surface area contributed by atoms with E-state index in [1.54, 1.807) is 33.4 Å². The molecule has 0 amide bonds. The zero-order valence-corrected chi connectivity index (χ0v) is 38.6. The minimum absolute atomic E-state index is 0. The summed E-state index contributed by atoms with van der Waals surface area (Å²) in [6, 6.07) is 36.4. The first kappa shape index (κ1) is 31.4. The number of nitrogens with zero attached hydrogens (tertiary/aromatic N) is 4. The zero-order chi connectivity index (χ0) is 52.0. The minimum Gasteiger partial charge on any atom is -0.510 e. The van der Waals surface area contributed by atoms with E-state index in [0.29, 0.717) is 39.0 Å². The van der Waals surface area contributed by atoms with Crippen molar-refractivity contribution in [2.24, 2.45) is 16.7 Å². The van der Waals surface area contributed by atoms with E-state index in [-0.39, 0.29) is 54.4 Å². The number of rotatable bonds is 8. The second-order valence-electron chi connectivity index (χ2n) is 19.2. The number of para-hydroxylation sites is 4. The van der Waals surface area contributed by atoms with Crippen LogP contribution in [0, 0.1) is 35.2 Å². The van der Waals surface area contributed by atoms with Crippen LogP contribution in [-0.4, -0.2) is 14.1 Å². The molecule has 4 fully saturated rings. The molecule has 0 N–H and O–H groups in total. The van der Waals surface area contributed by atoms with Gasteiger partial charge in [0.15, 0.2) is 0 Å². The van der Waals surface area contributed by atoms with Crippen molar-refractivity contribution in [2.75, 3.05) is 0 Å². The Labute approximate surface area is 414 Å². The summed E-state index contributed by atoms with van der Waals surface area (Å²) in [7, 11) is 0. The van der Waals surface area contributed by atoms with Crippen molar-refractivity contribution >= 4 is 32.8 Å². The maximum atomic E-state index is 9.04. The van der Waals surface area contributed by atoms with Gasteiger partial charge in [-0.2, -0.15) is 18.2 Å². The SMILES string of the molecule is [2H]c1c([2H])c([2H])c(-c2cccc(-c3c([2H])c([2H])c([2H])c([2H])c3[2H])c2-[n+]2[c-]n(-c3[c-]c(Oc4[c-]c5c(cc4)c4ccccc4n5-c4cc(C56CC7CC(C)(CC(C)(C7)C5)C6)ccn4)ccc3)c3ccccc32)c([2H])c1[2H].[Pt]. The van der Waals surface area contributed by atoms with Crippen molar-refractivity contribution in [3.05, 3.63) is 200 Å². The Morgan fingerprint density at radius 2 is 1.33 bits per heavy atom. The fraction of sp³-hybridized carbons (Fsp3) is 0.200. The number of imidazole rings is 1. The summed E-state index contributed by atoms with van der Waals surface area (Å²) in [4.78, 5) is 5.04. The van der Waals surface area contributed by atoms with E-state index in [1.807, 2.05) is 54.7 Å². The van der Waals surface area contributed by atoms with Crippen LogP contribution in [0.1, 0.15) is 71.6 Å². The Balaban J connectivity index is 0.00000582. The van der Waals surface area contributed by atoms with Gasteiger partial charge in [0.05, 0.1) is 30.4 Å². The largest absolute Gasteiger partial charge is 0.510 e. The molecule has 5 nitrogen and oxygen atoms in total. The van der Waals surface area contributed by atoms with E-state index >= 15 is 0 Å². The summed E-state index contributed by atoms with van der Waals surface area (Å²) in [6.07, 6.45) is 13.0. The van der Waals surface area contributed by atoms with E-state index in [0.717, 1.165) is 33.5 Å². The maximum Gasteiger partial charge on any atom is 0.268 e. The van der Waals surface area contributed by atoms with Crippen LogP contribution >= 0.6 is 0 Å². The first-order valence-electron chi connectivity index (χ1n) is 27.3. The molecule has 3 heterocycles. The smallest absolute Gasteiger partial charge is 0.268 e. The molecule has 326 valence electrons. The molecule has 4 saturated carbocycles. The Morgan fingerprint density at radius 3 is 2.06 bits per heavy atom. The molecule has 7 aromatic carbocycles. The predicted octanol–water partition coefficient (Wildman–Crippen LogP) is 14.2. The van der Waals surface area contributed by atoms with Crippen LogP contribution in [0.5, 0.6) is 11.5 Å². The molecule has 10 aromatic rings. The van der Waals surface area contributed by atoms with Gasteiger partial charge in [-0.3, -0.25) is 4.57 Å². The van der Waals surface area contributed by atoms with Crippen LogP contribution in [0.3, 0.4) is 0 Å². The minimum atomic E-state index is -0.566. The summed E-state index contributed by atoms with van der Waals surface area (Å²) in [5.41, 5.74) is 5.97. The number of ether oxygens (including phenoxy) is 1. The number of hydrogen-bond donors (Lipinski definition) is 0. The van der Waals surface area contributed by atoms with Gasteiger partial charge >= 0.3 is 0 Å². The maximum absolute atomic E-state index is 9.04. The molecule has 14 rings (SSSR count). The van der Waals surface area contributed by atoms with Crippen molar-refractivity contribution in [2.45, 2.75) is 57.8 Å². The van der Waals surface area contributed by atoms with Crippen molar-refractivity contribution < 1.29 is 44.1 Å². The van der Waals surface area contributed by atoms with Gasteiger partial charge in [-0.1, -0.05) is 140 Å². The molecular formula is C60H48N4OPt-2. The Bertz CT molecular complexity index is 3930. The fourth-order valence-electron chi connectivity index (χ4n) is 12.9. The second-order valence-corrected chi connectivity index (χ2v) is 19.2. The molecule has 4 bridgehead atoms. The molecule has 2 unspecified atom stereocenters. The zero-order valence-electron chi connectivity index (χ0n) is 46.3. The van der Waals surface area contributed by atoms with Gasteiger partial charge in [-0.05, 0) is 118 Å². The van der Waals surface area contributed by atoms with Crippen LogP contribution in [0.4, 0.5) is 0 Å². The fourth-order valence-corrected chi connectivity index (χ4v) is 12.9. The molecule has 66 heavy (non-hydrogen) atoms. The van der Waals surface area contributed by atoms with Gasteiger partial charge < -0.3 is 13.9 Å². The molecular weight excluding hydrogens is 988 g/mol. The summed E-state index contributed by atoms with van der Waals surface area (Å²) >= 11 is 0. The summed E-state index contributed by atoms with van der Waals surface area (Å²) in [5.74, 6) is 2.44. The van der Waals surface area contributed by atoms with E-state index in [4.69, 9.17) is 23.4 Å². The van der Waals surface area contributed by atoms with Crippen LogP contribution in [0.2, 0.25) is 0 Å². The van der Waals surface area contributed by atoms with Gasteiger partial charge in [-0.25, -0.2) is 4.98 Å². The number of fused-ring (bicyclic) bond motifs is 4. The average Bonchev–Trinajstić information content (AvgIpc) is 4.05. The Morgan fingerprint density at radius 1 is 0.667 bits per heavy atom. The van der Waals surface area contributed by atoms with Crippen LogP contribution in [0.25, 0.3) is 72.3 Å². The number of benzene rings is 7. The third-order valence-electron chi connectivity index (χ3n) is 14.3. The normalized spacial score (nSPS) is 24.1. The van der Waals surface area contributed by atoms with Crippen molar-refractivity contribution in [1.29, 1.82) is 0 Å². The quantitative estimate of drug-likeness (QED) is 0.112. The molecule has 2 atom stereocenters. The molecule has 0 radical (unpaired) electrons. The number of hydrogen-bond acceptors (Lipinski definition) is 2. The van der Waals surface area contributed by atoms with E-state index in [2.05, 4.69) is 73.3 Å². The summed E-state index contributed by atoms with van der Waals surface area (Å²) in [5, 5.41) is 2.10. The molecule has 0 aliphatic heterocycles. The topological polar surface area (TPSA) is 35.9 Å². The Hall–Kier alpha value is -6.55. The second kappa shape index (κ2) is 15.5. The van der Waals surface area contributed by atoms with Gasteiger partial charge in [0.2, 0.25) is 0 Å². The first-order valence-corrected chi connectivity index (χ1v) is 22.3. The van der Waals surface area contributed by atoms with E-state index in [1.165, 1.54) is 44.1 Å². The monoisotopic (exact) mass is 1050 g/mol. The third-order valence-corrected chi connectivity index (χ3v) is 14.3. The molecule has 0 saturated heterocycles. The Kier molecular flexibility index (Phi) is 7.38. The standard InChI is InChI=1S/C60H48N4O.Pt/c1-58-34-41-35-59(2,37-58)39-60(36-41,38-58)44-29-30-61-56(31-44)64-52-24-10-9-21-50(52)51-28-27-47(33-55(51)64)65-46-20-13-19-45(32-46)62-40-63(54-26-12-11-25-53(54)62)57-48(42-15-5-3-6-16-42)22-14-23-49(57)43-17-7-4-8-18-43;/h3-31,41H,34-39H2,1-2H3;/q-2;/i3D,4D,5D,6D,7D,8D,15D,16D,17D,18D;. The van der Waals surface area contributed by atoms with Gasteiger partial charge in [0.1, 0.15) is 5.82 Å². The van der Waals surface area contributed by atoms with E-state index < -0.39 is 60.4 Å². The van der Waals surface area contributed by atoms with Gasteiger partial charge in [0, 0.05) is 44.3 Å². The van der Waals surface area contributed by atoms with Gasteiger partial charge in [0.25, 0.3) is 6.33 Å². The molecule has 4 aliphatic carbocycles. The van der Waals surface area contributed by atoms with Gasteiger partial charge in [-0.15, -0.1) is 29.7 Å². The predicted molar refractivity (Wildman–Crippen MR) is 260 cm³/mol. The molecule has 4 aliphatic rings. The first-order chi connectivity index (χ1) is 36.0. The number of pyridine rings is 1. The van der Waals surface area contributed by atoms with Crippen LogP contribution in [-0.2, 0) is 26.5 Å². The molecule has 3 aromatic heterocycles. The summed E-state index contributed by atoms with van der Waals surface area (Å²) in [6.45, 7) is 5.03. The van der Waals surface area contributed by atoms with E-state index in [9.17, 15) is 0 Å². The molecule has 0 spiro atoms. The van der Waals surface area contributed by atoms with Crippen LogP contribution in [0.15, 0.2) is 176 Å². The third kappa shape index (κ3) is 6.69. The summed E-state index contributed by atoms with van der Waals surface area (Å²) < 4.78 is 99.5. The number of aromatic nitrogens is 4. The molecule has 6 heteroatoms. The average molecular weight is 1050 g/mol. The van der Waals surface area contributed by atoms with Crippen molar-refractivity contribution in [3.63, 3.8) is 0 Å². The van der Waals surface area contributed by atoms with Crippen molar-refractivity contribution in [1.82, 2.24) is 14.1 Å². The van der Waals surface area contributed by atoms with Crippen LogP contribution < -0.4 is 9.30 Å².